The van der Waals surface area contributed by atoms with E-state index in [4.69, 9.17) is 0 Å². The molecule has 1 unspecified atom stereocenters. The van der Waals surface area contributed by atoms with Gasteiger partial charge < -0.3 is 10.2 Å². The maximum absolute atomic E-state index is 14.6. The van der Waals surface area contributed by atoms with Gasteiger partial charge in [0.05, 0.1) is 5.41 Å². The summed E-state index contributed by atoms with van der Waals surface area (Å²) in [6.45, 7) is 1.44. The number of carboxylic acid groups (broad SMARTS) is 2. The first-order valence-corrected chi connectivity index (χ1v) is 8.96. The average Bonchev–Trinajstić information content (AvgIpc) is 2.62. The zero-order chi connectivity index (χ0) is 19.8. The fourth-order valence-corrected chi connectivity index (χ4v) is 3.61. The summed E-state index contributed by atoms with van der Waals surface area (Å²) >= 11 is 3.34. The molecule has 0 saturated carbocycles. The normalized spacial score (nSPS) is 19.6. The third-order valence-electron chi connectivity index (χ3n) is 4.73. The van der Waals surface area contributed by atoms with E-state index >= 15 is 0 Å². The van der Waals surface area contributed by atoms with Gasteiger partial charge in [-0.05, 0) is 54.3 Å². The standard InChI is InChI=1S/C21H16BrFO4/c1-21(20(26)27)11-13(19(24)25)10-16(12-6-8-14(22)9-7-12)18(21)15-4-2-3-5-17(15)23/h2-10H,11H2,1H3,(H,24,25)(H,26,27). The third kappa shape index (κ3) is 3.45. The molecule has 0 saturated heterocycles. The Labute approximate surface area is 163 Å². The van der Waals surface area contributed by atoms with Crippen LogP contribution < -0.4 is 0 Å². The Balaban J connectivity index is 2.42. The zero-order valence-corrected chi connectivity index (χ0v) is 16.0. The highest BCUT2D eigenvalue weighted by Crippen LogP contribution is 2.49. The van der Waals surface area contributed by atoms with E-state index in [0.29, 0.717) is 11.1 Å². The molecule has 0 aromatic heterocycles. The quantitative estimate of drug-likeness (QED) is 0.714. The minimum Gasteiger partial charge on any atom is -0.481 e. The number of allylic oxidation sites excluding steroid dienone is 2. The van der Waals surface area contributed by atoms with E-state index in [2.05, 4.69) is 15.9 Å². The van der Waals surface area contributed by atoms with E-state index in [1.807, 2.05) is 0 Å². The summed E-state index contributed by atoms with van der Waals surface area (Å²) in [5.74, 6) is -2.95. The van der Waals surface area contributed by atoms with Crippen molar-refractivity contribution >= 4 is 39.0 Å². The smallest absolute Gasteiger partial charge is 0.331 e. The van der Waals surface area contributed by atoms with E-state index in [1.165, 1.54) is 31.2 Å². The number of aliphatic carboxylic acids is 2. The highest BCUT2D eigenvalue weighted by molar-refractivity contribution is 9.10. The molecule has 2 N–H and O–H groups in total. The van der Waals surface area contributed by atoms with Gasteiger partial charge in [0, 0.05) is 15.6 Å². The minimum absolute atomic E-state index is 0.0297. The van der Waals surface area contributed by atoms with Gasteiger partial charge in [-0.25, -0.2) is 9.18 Å². The van der Waals surface area contributed by atoms with Crippen LogP contribution >= 0.6 is 15.9 Å². The summed E-state index contributed by atoms with van der Waals surface area (Å²) in [6, 6.07) is 12.9. The lowest BCUT2D eigenvalue weighted by molar-refractivity contribution is -0.144. The van der Waals surface area contributed by atoms with Crippen LogP contribution in [-0.2, 0) is 9.59 Å². The molecule has 0 heterocycles. The third-order valence-corrected chi connectivity index (χ3v) is 5.26. The van der Waals surface area contributed by atoms with Crippen LogP contribution in [0.25, 0.3) is 11.1 Å². The molecule has 138 valence electrons. The average molecular weight is 431 g/mol. The second-order valence-corrected chi connectivity index (χ2v) is 7.48. The van der Waals surface area contributed by atoms with Crippen LogP contribution in [0.1, 0.15) is 24.5 Å². The van der Waals surface area contributed by atoms with Crippen LogP contribution in [0.5, 0.6) is 0 Å². The highest BCUT2D eigenvalue weighted by Gasteiger charge is 2.44. The molecule has 1 aliphatic carbocycles. The molecule has 6 heteroatoms. The van der Waals surface area contributed by atoms with E-state index < -0.39 is 23.2 Å². The Morgan fingerprint density at radius 2 is 1.70 bits per heavy atom. The van der Waals surface area contributed by atoms with Gasteiger partial charge in [0.1, 0.15) is 5.82 Å². The summed E-state index contributed by atoms with van der Waals surface area (Å²) in [5.41, 5.74) is -0.199. The molecule has 2 aromatic rings. The van der Waals surface area contributed by atoms with Crippen LogP contribution in [-0.4, -0.2) is 22.2 Å². The number of benzene rings is 2. The van der Waals surface area contributed by atoms with Gasteiger partial charge in [0.2, 0.25) is 0 Å². The van der Waals surface area contributed by atoms with Gasteiger partial charge in [-0.1, -0.05) is 46.3 Å². The fourth-order valence-electron chi connectivity index (χ4n) is 3.35. The lowest BCUT2D eigenvalue weighted by atomic mass is 9.67. The number of halogens is 2. The molecule has 1 atom stereocenters. The summed E-state index contributed by atoms with van der Waals surface area (Å²) in [7, 11) is 0. The van der Waals surface area contributed by atoms with E-state index in [0.717, 1.165) is 4.47 Å². The largest absolute Gasteiger partial charge is 0.481 e. The second kappa shape index (κ2) is 7.12. The van der Waals surface area contributed by atoms with Crippen LogP contribution in [0.4, 0.5) is 4.39 Å². The van der Waals surface area contributed by atoms with Gasteiger partial charge in [0.15, 0.2) is 0 Å². The molecule has 0 amide bonds. The summed E-state index contributed by atoms with van der Waals surface area (Å²) < 4.78 is 15.4. The molecular formula is C21H16BrFO4. The Morgan fingerprint density at radius 3 is 2.26 bits per heavy atom. The number of carbonyl (C=O) groups is 2. The Kier molecular flexibility index (Phi) is 5.02. The molecule has 4 nitrogen and oxygen atoms in total. The van der Waals surface area contributed by atoms with Crippen molar-refractivity contribution in [3.05, 3.63) is 81.6 Å². The molecule has 0 aliphatic heterocycles. The van der Waals surface area contributed by atoms with Crippen LogP contribution in [0.15, 0.2) is 64.7 Å². The van der Waals surface area contributed by atoms with Crippen molar-refractivity contribution in [3.8, 4) is 0 Å². The first-order chi connectivity index (χ1) is 12.7. The number of hydrogen-bond acceptors (Lipinski definition) is 2. The molecule has 2 aromatic carbocycles. The molecular weight excluding hydrogens is 415 g/mol. The highest BCUT2D eigenvalue weighted by atomic mass is 79.9. The Bertz CT molecular complexity index is 991. The summed E-state index contributed by atoms with van der Waals surface area (Å²) in [5, 5.41) is 19.5. The van der Waals surface area contributed by atoms with Crippen molar-refractivity contribution in [1.82, 2.24) is 0 Å². The SMILES string of the molecule is CC1(C(=O)O)CC(C(=O)O)=CC(c2ccc(Br)cc2)=C1c1ccccc1F. The molecule has 3 rings (SSSR count). The predicted octanol–water partition coefficient (Wildman–Crippen LogP) is 5.00. The van der Waals surface area contributed by atoms with Crippen LogP contribution in [0, 0.1) is 11.2 Å². The topological polar surface area (TPSA) is 74.6 Å². The number of carboxylic acids is 2. The van der Waals surface area contributed by atoms with Gasteiger partial charge in [-0.15, -0.1) is 0 Å². The molecule has 0 spiro atoms. The van der Waals surface area contributed by atoms with Crippen molar-refractivity contribution in [2.45, 2.75) is 13.3 Å². The Hall–Kier alpha value is -2.73. The van der Waals surface area contributed by atoms with Crippen molar-refractivity contribution in [2.24, 2.45) is 5.41 Å². The van der Waals surface area contributed by atoms with Gasteiger partial charge >= 0.3 is 11.9 Å². The van der Waals surface area contributed by atoms with Gasteiger partial charge in [-0.2, -0.15) is 0 Å². The Morgan fingerprint density at radius 1 is 1.07 bits per heavy atom. The van der Waals surface area contributed by atoms with E-state index in [1.54, 1.807) is 30.3 Å². The molecule has 27 heavy (non-hydrogen) atoms. The minimum atomic E-state index is -1.59. The summed E-state index contributed by atoms with van der Waals surface area (Å²) in [4.78, 5) is 23.8. The monoisotopic (exact) mass is 430 g/mol. The molecule has 0 radical (unpaired) electrons. The van der Waals surface area contributed by atoms with Crippen molar-refractivity contribution in [2.75, 3.05) is 0 Å². The maximum atomic E-state index is 14.6. The van der Waals surface area contributed by atoms with Crippen molar-refractivity contribution < 1.29 is 24.2 Å². The van der Waals surface area contributed by atoms with E-state index in [9.17, 15) is 24.2 Å². The lowest BCUT2D eigenvalue weighted by Gasteiger charge is -2.34. The molecule has 0 bridgehead atoms. The number of rotatable bonds is 4. The molecule has 0 fully saturated rings. The van der Waals surface area contributed by atoms with E-state index in [-0.39, 0.29) is 23.1 Å². The maximum Gasteiger partial charge on any atom is 0.331 e. The van der Waals surface area contributed by atoms with Crippen molar-refractivity contribution in [3.63, 3.8) is 0 Å². The molecule has 1 aliphatic rings. The van der Waals surface area contributed by atoms with Crippen LogP contribution in [0.3, 0.4) is 0 Å². The first kappa shape index (κ1) is 19.0. The fraction of sp³-hybridized carbons (Fsp3) is 0.143. The lowest BCUT2D eigenvalue weighted by Crippen LogP contribution is -2.34. The summed E-state index contributed by atoms with van der Waals surface area (Å²) in [6.07, 6.45) is 1.21. The number of hydrogen-bond donors (Lipinski definition) is 2. The van der Waals surface area contributed by atoms with Gasteiger partial charge in [0.25, 0.3) is 0 Å². The first-order valence-electron chi connectivity index (χ1n) is 8.17. The zero-order valence-electron chi connectivity index (χ0n) is 14.4. The second-order valence-electron chi connectivity index (χ2n) is 6.56. The van der Waals surface area contributed by atoms with Crippen LogP contribution in [0.2, 0.25) is 0 Å². The predicted molar refractivity (Wildman–Crippen MR) is 103 cm³/mol. The van der Waals surface area contributed by atoms with Crippen molar-refractivity contribution in [1.29, 1.82) is 0 Å². The van der Waals surface area contributed by atoms with Gasteiger partial charge in [-0.3, -0.25) is 4.79 Å².